The zero-order valence-electron chi connectivity index (χ0n) is 22.7. The van der Waals surface area contributed by atoms with Gasteiger partial charge in [-0.2, -0.15) is 23.4 Å². The van der Waals surface area contributed by atoms with Crippen molar-refractivity contribution in [1.82, 2.24) is 35.0 Å². The molecule has 2 amide bonds. The minimum absolute atomic E-state index is 0.0128. The Bertz CT molecular complexity index is 1410. The molecule has 2 fully saturated rings. The maximum atomic E-state index is 14.0. The first-order chi connectivity index (χ1) is 19.3. The predicted octanol–water partition coefficient (Wildman–Crippen LogP) is 4.66. The van der Waals surface area contributed by atoms with E-state index < -0.39 is 48.3 Å². The topological polar surface area (TPSA) is 106 Å². The third-order valence-electron chi connectivity index (χ3n) is 8.01. The molecule has 9 nitrogen and oxygen atoms in total. The molecular weight excluding hydrogens is 549 g/mol. The van der Waals surface area contributed by atoms with Crippen LogP contribution in [-0.4, -0.2) is 54.8 Å². The van der Waals surface area contributed by atoms with Crippen molar-refractivity contribution in [2.75, 3.05) is 6.54 Å². The molecule has 1 unspecified atom stereocenters. The molecule has 5 rings (SSSR count). The van der Waals surface area contributed by atoms with E-state index in [1.165, 1.54) is 10.7 Å². The van der Waals surface area contributed by atoms with E-state index in [9.17, 15) is 31.5 Å². The lowest BCUT2D eigenvalue weighted by atomic mass is 9.81. The third-order valence-corrected chi connectivity index (χ3v) is 8.01. The van der Waals surface area contributed by atoms with Gasteiger partial charge in [0.1, 0.15) is 5.69 Å². The van der Waals surface area contributed by atoms with E-state index in [2.05, 4.69) is 25.8 Å². The molecule has 0 spiro atoms. The molecule has 3 aromatic heterocycles. The number of fused-ring (bicyclic) bond motifs is 1. The van der Waals surface area contributed by atoms with Crippen molar-refractivity contribution in [2.24, 2.45) is 17.8 Å². The summed E-state index contributed by atoms with van der Waals surface area (Å²) in [6.07, 6.45) is -1.83. The minimum atomic E-state index is -4.40. The van der Waals surface area contributed by atoms with E-state index in [1.54, 1.807) is 29.1 Å². The van der Waals surface area contributed by atoms with Crippen LogP contribution in [-0.2, 0) is 11.2 Å². The molecule has 3 aromatic rings. The molecule has 41 heavy (non-hydrogen) atoms. The van der Waals surface area contributed by atoms with Crippen LogP contribution in [0.3, 0.4) is 0 Å². The van der Waals surface area contributed by atoms with Gasteiger partial charge < -0.3 is 10.6 Å². The number of alkyl halides is 5. The molecule has 1 aliphatic heterocycles. The van der Waals surface area contributed by atoms with Crippen molar-refractivity contribution in [2.45, 2.75) is 76.6 Å². The Kier molecular flexibility index (Phi) is 7.77. The summed E-state index contributed by atoms with van der Waals surface area (Å²) >= 11 is 0. The van der Waals surface area contributed by atoms with E-state index in [0.717, 1.165) is 0 Å². The fourth-order valence-electron chi connectivity index (χ4n) is 5.73. The van der Waals surface area contributed by atoms with Gasteiger partial charge in [-0.3, -0.25) is 14.3 Å². The lowest BCUT2D eigenvalue weighted by Crippen LogP contribution is -2.47. The fourth-order valence-corrected chi connectivity index (χ4v) is 5.73. The molecule has 222 valence electrons. The molecule has 14 heteroatoms. The second kappa shape index (κ2) is 11.0. The number of hydrogen-bond donors (Lipinski definition) is 2. The molecule has 4 heterocycles. The molecule has 0 aromatic carbocycles. The highest BCUT2D eigenvalue weighted by atomic mass is 19.4. The number of nitrogens with one attached hydrogen (secondary N) is 2. The van der Waals surface area contributed by atoms with Crippen LogP contribution in [0.1, 0.15) is 79.9 Å². The maximum Gasteiger partial charge on any atom is 0.393 e. The number of halogens is 5. The van der Waals surface area contributed by atoms with Gasteiger partial charge in [0.15, 0.2) is 5.65 Å². The number of aromatic nitrogens is 5. The fraction of sp³-hybridized carbons (Fsp3) is 0.593. The van der Waals surface area contributed by atoms with Gasteiger partial charge in [-0.15, -0.1) is 0 Å². The number of rotatable bonds is 7. The summed E-state index contributed by atoms with van der Waals surface area (Å²) < 4.78 is 70.7. The number of piperidine rings is 1. The Labute approximate surface area is 232 Å². The van der Waals surface area contributed by atoms with Crippen LogP contribution >= 0.6 is 0 Å². The first-order valence-corrected chi connectivity index (χ1v) is 13.7. The van der Waals surface area contributed by atoms with Crippen LogP contribution in [0.25, 0.3) is 5.65 Å². The summed E-state index contributed by atoms with van der Waals surface area (Å²) in [6, 6.07) is 4.06. The van der Waals surface area contributed by atoms with Gasteiger partial charge in [-0.1, -0.05) is 0 Å². The van der Waals surface area contributed by atoms with Crippen LogP contribution in [0.5, 0.6) is 0 Å². The van der Waals surface area contributed by atoms with E-state index >= 15 is 0 Å². The van der Waals surface area contributed by atoms with E-state index in [0.29, 0.717) is 22.7 Å². The standard InChI is InChI=1S/C27H32F5N7O2/c1-15(2)39-21(7-10-34-39)25(41)36-23(16-5-8-26(28,29)9-6-16)20-14-38-22(35-20)4-3-19(37-38)12-17-11-18(27(30,31)32)13-33-24(17)40/h3-4,7,10,14-18,23H,5-6,8-9,11-13H2,1-2H3,(H,33,40)(H,36,41)/t17?,18-,23+/m1/s1. The van der Waals surface area contributed by atoms with Gasteiger partial charge >= 0.3 is 6.18 Å². The maximum absolute atomic E-state index is 14.0. The molecule has 0 radical (unpaired) electrons. The lowest BCUT2D eigenvalue weighted by molar-refractivity contribution is -0.183. The summed E-state index contributed by atoms with van der Waals surface area (Å²) in [4.78, 5) is 30.2. The number of amides is 2. The molecule has 2 N–H and O–H groups in total. The normalized spacial score (nSPS) is 22.6. The second-order valence-electron chi connectivity index (χ2n) is 11.3. The van der Waals surface area contributed by atoms with Crippen molar-refractivity contribution >= 4 is 17.5 Å². The highest BCUT2D eigenvalue weighted by Gasteiger charge is 2.45. The number of nitrogens with zero attached hydrogens (tertiary/aromatic N) is 5. The Morgan fingerprint density at radius 3 is 2.61 bits per heavy atom. The quantitative estimate of drug-likeness (QED) is 0.395. The van der Waals surface area contributed by atoms with Crippen LogP contribution in [0.15, 0.2) is 30.6 Å². The van der Waals surface area contributed by atoms with Gasteiger partial charge in [0, 0.05) is 44.0 Å². The zero-order valence-corrected chi connectivity index (χ0v) is 22.7. The molecule has 1 saturated carbocycles. The van der Waals surface area contributed by atoms with Crippen LogP contribution in [0.2, 0.25) is 0 Å². The van der Waals surface area contributed by atoms with Crippen LogP contribution in [0.4, 0.5) is 22.0 Å². The average Bonchev–Trinajstić information content (AvgIpc) is 3.55. The summed E-state index contributed by atoms with van der Waals surface area (Å²) in [6.45, 7) is 3.33. The largest absolute Gasteiger partial charge is 0.393 e. The van der Waals surface area contributed by atoms with Crippen molar-refractivity contribution < 1.29 is 31.5 Å². The number of hydrogen-bond acceptors (Lipinski definition) is 5. The average molecular weight is 582 g/mol. The van der Waals surface area contributed by atoms with Crippen molar-refractivity contribution in [3.05, 3.63) is 47.7 Å². The van der Waals surface area contributed by atoms with Gasteiger partial charge in [0.25, 0.3) is 5.91 Å². The Balaban J connectivity index is 1.40. The summed E-state index contributed by atoms with van der Waals surface area (Å²) in [5.41, 5.74) is 1.58. The summed E-state index contributed by atoms with van der Waals surface area (Å²) in [5.74, 6) is -6.42. The molecule has 0 bridgehead atoms. The van der Waals surface area contributed by atoms with Gasteiger partial charge in [0.2, 0.25) is 11.8 Å². The van der Waals surface area contributed by atoms with Gasteiger partial charge in [0.05, 0.1) is 29.5 Å². The SMILES string of the molecule is CC(C)n1nccc1C(=O)N[C@H](c1cn2nc(CC3C[C@@H](C(F)(F)F)CNC3=O)ccc2n1)C1CCC(F)(F)CC1. The van der Waals surface area contributed by atoms with Crippen molar-refractivity contribution in [3.63, 3.8) is 0 Å². The van der Waals surface area contributed by atoms with E-state index in [-0.39, 0.29) is 50.5 Å². The first kappa shape index (κ1) is 28.9. The lowest BCUT2D eigenvalue weighted by Gasteiger charge is -2.33. The van der Waals surface area contributed by atoms with E-state index in [1.807, 2.05) is 13.8 Å². The first-order valence-electron chi connectivity index (χ1n) is 13.7. The number of carbonyl (C=O) groups is 2. The molecule has 2 aliphatic rings. The summed E-state index contributed by atoms with van der Waals surface area (Å²) in [5, 5.41) is 14.0. The predicted molar refractivity (Wildman–Crippen MR) is 137 cm³/mol. The Hall–Kier alpha value is -3.58. The Morgan fingerprint density at radius 1 is 1.20 bits per heavy atom. The molecule has 1 aliphatic carbocycles. The van der Waals surface area contributed by atoms with Crippen molar-refractivity contribution in [1.29, 1.82) is 0 Å². The van der Waals surface area contributed by atoms with Crippen molar-refractivity contribution in [3.8, 4) is 0 Å². The third kappa shape index (κ3) is 6.35. The monoisotopic (exact) mass is 581 g/mol. The number of imidazole rings is 1. The van der Waals surface area contributed by atoms with Gasteiger partial charge in [-0.05, 0) is 57.2 Å². The number of carbonyl (C=O) groups excluding carboxylic acids is 2. The smallest absolute Gasteiger partial charge is 0.355 e. The van der Waals surface area contributed by atoms with Crippen LogP contribution < -0.4 is 10.6 Å². The zero-order chi connectivity index (χ0) is 29.5. The Morgan fingerprint density at radius 2 is 1.93 bits per heavy atom. The molecule has 1 saturated heterocycles. The van der Waals surface area contributed by atoms with Crippen LogP contribution in [0, 0.1) is 17.8 Å². The second-order valence-corrected chi connectivity index (χ2v) is 11.3. The highest BCUT2D eigenvalue weighted by Crippen LogP contribution is 2.41. The molecular formula is C27H32F5N7O2. The minimum Gasteiger partial charge on any atom is -0.355 e. The van der Waals surface area contributed by atoms with Gasteiger partial charge in [-0.25, -0.2) is 18.3 Å². The molecule has 3 atom stereocenters. The highest BCUT2D eigenvalue weighted by molar-refractivity contribution is 5.92. The summed E-state index contributed by atoms with van der Waals surface area (Å²) in [7, 11) is 0. The van der Waals surface area contributed by atoms with E-state index in [4.69, 9.17) is 0 Å².